The van der Waals surface area contributed by atoms with Crippen molar-refractivity contribution in [3.8, 4) is 0 Å². The van der Waals surface area contributed by atoms with Crippen LogP contribution in [0.4, 0.5) is 8.78 Å². The van der Waals surface area contributed by atoms with Crippen molar-refractivity contribution >= 4 is 11.6 Å². The zero-order chi connectivity index (χ0) is 21.7. The van der Waals surface area contributed by atoms with Gasteiger partial charge in [-0.2, -0.15) is 0 Å². The molecule has 2 aromatic carbocycles. The summed E-state index contributed by atoms with van der Waals surface area (Å²) in [5, 5.41) is 0. The SMILES string of the molecule is Cc1cc(C2=NCc3cc4c(cc32)CN(Cc2cc(F)cc(F)c2)C(=O)C4)cc(C)n1. The number of nitrogens with zero attached hydrogens (tertiary/aromatic N) is 3. The Balaban J connectivity index is 1.46. The highest BCUT2D eigenvalue weighted by Gasteiger charge is 2.27. The largest absolute Gasteiger partial charge is 0.334 e. The molecule has 0 fully saturated rings. The first-order chi connectivity index (χ1) is 14.9. The van der Waals surface area contributed by atoms with E-state index in [9.17, 15) is 13.6 Å². The number of aryl methyl sites for hydroxylation is 2. The van der Waals surface area contributed by atoms with Crippen LogP contribution in [0, 0.1) is 25.5 Å². The normalized spacial score (nSPS) is 15.0. The summed E-state index contributed by atoms with van der Waals surface area (Å²) in [6.07, 6.45) is 0.281. The van der Waals surface area contributed by atoms with Crippen LogP contribution in [0.1, 0.15) is 44.8 Å². The molecule has 4 nitrogen and oxygen atoms in total. The molecule has 0 spiro atoms. The van der Waals surface area contributed by atoms with Crippen molar-refractivity contribution in [3.63, 3.8) is 0 Å². The minimum absolute atomic E-state index is 0.0448. The molecule has 0 atom stereocenters. The van der Waals surface area contributed by atoms with Gasteiger partial charge in [0.15, 0.2) is 0 Å². The summed E-state index contributed by atoms with van der Waals surface area (Å²) in [5.74, 6) is -1.32. The van der Waals surface area contributed by atoms with E-state index in [1.54, 1.807) is 4.90 Å². The van der Waals surface area contributed by atoms with Gasteiger partial charge in [0, 0.05) is 41.7 Å². The van der Waals surface area contributed by atoms with E-state index in [-0.39, 0.29) is 18.9 Å². The van der Waals surface area contributed by atoms with Gasteiger partial charge >= 0.3 is 0 Å². The molecule has 0 radical (unpaired) electrons. The van der Waals surface area contributed by atoms with E-state index in [1.807, 2.05) is 26.0 Å². The number of rotatable bonds is 3. The molecule has 1 amide bonds. The first-order valence-corrected chi connectivity index (χ1v) is 10.2. The highest BCUT2D eigenvalue weighted by atomic mass is 19.1. The van der Waals surface area contributed by atoms with Crippen molar-refractivity contribution in [1.82, 2.24) is 9.88 Å². The molecular weight excluding hydrogens is 396 g/mol. The summed E-state index contributed by atoms with van der Waals surface area (Å²) in [7, 11) is 0. The smallest absolute Gasteiger partial charge is 0.227 e. The van der Waals surface area contributed by atoms with Crippen molar-refractivity contribution in [3.05, 3.63) is 98.9 Å². The van der Waals surface area contributed by atoms with Crippen LogP contribution in [-0.2, 0) is 30.8 Å². The van der Waals surface area contributed by atoms with Crippen LogP contribution in [0.25, 0.3) is 0 Å². The minimum atomic E-state index is -0.638. The van der Waals surface area contributed by atoms with Gasteiger partial charge in [0.05, 0.1) is 18.7 Å². The van der Waals surface area contributed by atoms with Crippen molar-refractivity contribution in [2.75, 3.05) is 0 Å². The molecule has 2 aliphatic heterocycles. The van der Waals surface area contributed by atoms with E-state index in [1.165, 1.54) is 12.1 Å². The fourth-order valence-corrected chi connectivity index (χ4v) is 4.51. The van der Waals surface area contributed by atoms with Gasteiger partial charge in [-0.15, -0.1) is 0 Å². The maximum Gasteiger partial charge on any atom is 0.227 e. The van der Waals surface area contributed by atoms with E-state index >= 15 is 0 Å². The number of fused-ring (bicyclic) bond motifs is 2. The highest BCUT2D eigenvalue weighted by molar-refractivity contribution is 6.15. The lowest BCUT2D eigenvalue weighted by Gasteiger charge is -2.29. The summed E-state index contributed by atoms with van der Waals surface area (Å²) in [6.45, 7) is 5.12. The maximum atomic E-state index is 13.6. The van der Waals surface area contributed by atoms with E-state index in [0.29, 0.717) is 18.7 Å². The standard InChI is InChI=1S/C25H21F2N3O/c1-14-3-18(4-15(2)29-14)25-23-8-20-13-30(12-16-5-21(26)10-22(27)6-16)24(31)9-17(20)7-19(23)11-28-25/h3-8,10H,9,11-13H2,1-2H3. The number of benzene rings is 2. The van der Waals surface area contributed by atoms with Crippen molar-refractivity contribution in [2.45, 2.75) is 39.9 Å². The predicted octanol–water partition coefficient (Wildman–Crippen LogP) is 4.41. The maximum absolute atomic E-state index is 13.6. The van der Waals surface area contributed by atoms with Crippen molar-refractivity contribution in [1.29, 1.82) is 0 Å². The van der Waals surface area contributed by atoms with Gasteiger partial charge in [-0.05, 0) is 66.4 Å². The molecule has 6 heteroatoms. The number of carbonyl (C=O) groups is 1. The average molecular weight is 417 g/mol. The summed E-state index contributed by atoms with van der Waals surface area (Å²) < 4.78 is 27.1. The highest BCUT2D eigenvalue weighted by Crippen LogP contribution is 2.31. The minimum Gasteiger partial charge on any atom is -0.334 e. The Morgan fingerprint density at radius 3 is 2.32 bits per heavy atom. The van der Waals surface area contributed by atoms with Gasteiger partial charge < -0.3 is 4.90 Å². The van der Waals surface area contributed by atoms with E-state index in [0.717, 1.165) is 51.0 Å². The first kappa shape index (κ1) is 19.5. The molecular formula is C25H21F2N3O. The summed E-state index contributed by atoms with van der Waals surface area (Å²) >= 11 is 0. The number of aromatic nitrogens is 1. The van der Waals surface area contributed by atoms with Gasteiger partial charge in [-0.3, -0.25) is 14.8 Å². The molecule has 0 bridgehead atoms. The van der Waals surface area contributed by atoms with Gasteiger partial charge in [-0.25, -0.2) is 8.78 Å². The molecule has 3 aromatic rings. The average Bonchev–Trinajstić information content (AvgIpc) is 3.08. The molecule has 3 heterocycles. The number of amides is 1. The van der Waals surface area contributed by atoms with Crippen molar-refractivity contribution < 1.29 is 13.6 Å². The molecule has 0 aliphatic carbocycles. The monoisotopic (exact) mass is 417 g/mol. The molecule has 0 unspecified atom stereocenters. The number of carbonyl (C=O) groups excluding carboxylic acids is 1. The van der Waals surface area contributed by atoms with Crippen LogP contribution in [0.5, 0.6) is 0 Å². The summed E-state index contributed by atoms with van der Waals surface area (Å²) in [4.78, 5) is 23.6. The molecule has 0 N–H and O–H groups in total. The van der Waals surface area contributed by atoms with E-state index in [2.05, 4.69) is 17.1 Å². The quantitative estimate of drug-likeness (QED) is 0.634. The number of pyridine rings is 1. The number of hydrogen-bond acceptors (Lipinski definition) is 3. The van der Waals surface area contributed by atoms with E-state index in [4.69, 9.17) is 4.99 Å². The Labute approximate surface area is 179 Å². The lowest BCUT2D eigenvalue weighted by molar-refractivity contribution is -0.132. The third-order valence-electron chi connectivity index (χ3n) is 5.79. The molecule has 0 saturated carbocycles. The van der Waals surface area contributed by atoms with Crippen LogP contribution >= 0.6 is 0 Å². The van der Waals surface area contributed by atoms with Crippen LogP contribution in [0.2, 0.25) is 0 Å². The van der Waals surface area contributed by atoms with Gasteiger partial charge in [0.2, 0.25) is 5.91 Å². The lowest BCUT2D eigenvalue weighted by atomic mass is 9.91. The molecule has 0 saturated heterocycles. The second-order valence-electron chi connectivity index (χ2n) is 8.29. The van der Waals surface area contributed by atoms with Crippen LogP contribution in [-0.4, -0.2) is 21.5 Å². The zero-order valence-electron chi connectivity index (χ0n) is 17.4. The number of aliphatic imine (C=N–C) groups is 1. The first-order valence-electron chi connectivity index (χ1n) is 10.2. The third kappa shape index (κ3) is 3.74. The third-order valence-corrected chi connectivity index (χ3v) is 5.79. The molecule has 31 heavy (non-hydrogen) atoms. The van der Waals surface area contributed by atoms with Gasteiger partial charge in [0.25, 0.3) is 0 Å². The van der Waals surface area contributed by atoms with Gasteiger partial charge in [-0.1, -0.05) is 6.07 Å². The van der Waals surface area contributed by atoms with Crippen LogP contribution < -0.4 is 0 Å². The second kappa shape index (κ2) is 7.38. The topological polar surface area (TPSA) is 45.6 Å². The Kier molecular flexibility index (Phi) is 4.65. The summed E-state index contributed by atoms with van der Waals surface area (Å²) in [6, 6.07) is 11.7. The van der Waals surface area contributed by atoms with E-state index < -0.39 is 11.6 Å². The Bertz CT molecular complexity index is 1230. The zero-order valence-corrected chi connectivity index (χ0v) is 17.4. The Morgan fingerprint density at radius 1 is 0.903 bits per heavy atom. The molecule has 156 valence electrons. The van der Waals surface area contributed by atoms with Gasteiger partial charge in [0.1, 0.15) is 11.6 Å². The number of halogens is 2. The van der Waals surface area contributed by atoms with Crippen molar-refractivity contribution in [2.24, 2.45) is 4.99 Å². The fourth-order valence-electron chi connectivity index (χ4n) is 4.51. The fraction of sp³-hybridized carbons (Fsp3) is 0.240. The predicted molar refractivity (Wildman–Crippen MR) is 114 cm³/mol. The van der Waals surface area contributed by atoms with Crippen LogP contribution in [0.15, 0.2) is 47.5 Å². The summed E-state index contributed by atoms with van der Waals surface area (Å²) in [5.41, 5.74) is 8.58. The molecule has 5 rings (SSSR count). The molecule has 2 aliphatic rings. The Morgan fingerprint density at radius 2 is 1.61 bits per heavy atom. The van der Waals surface area contributed by atoms with Crippen LogP contribution in [0.3, 0.4) is 0 Å². The Hall–Kier alpha value is -3.41. The molecule has 1 aromatic heterocycles. The lowest BCUT2D eigenvalue weighted by Crippen LogP contribution is -2.36. The number of hydrogen-bond donors (Lipinski definition) is 0. The second-order valence-corrected chi connectivity index (χ2v) is 8.29.